The van der Waals surface area contributed by atoms with Gasteiger partial charge in [-0.05, 0) is 0 Å². The van der Waals surface area contributed by atoms with Gasteiger partial charge < -0.3 is 24.8 Å². The largest absolute Gasteiger partial charge is 0.377 e. The highest BCUT2D eigenvalue weighted by Crippen LogP contribution is 1.79. The first-order chi connectivity index (χ1) is 7.41. The van der Waals surface area contributed by atoms with Gasteiger partial charge in [-0.1, -0.05) is 0 Å². The third-order valence-electron chi connectivity index (χ3n) is 1.85. The van der Waals surface area contributed by atoms with Crippen molar-refractivity contribution in [1.82, 2.24) is 0 Å². The van der Waals surface area contributed by atoms with Crippen molar-refractivity contribution in [3.8, 4) is 0 Å². The smallest absolute Gasteiger partial charge is 0.0991 e. The van der Waals surface area contributed by atoms with Gasteiger partial charge in [0.15, 0.2) is 0 Å². The molecule has 0 rings (SSSR count). The lowest BCUT2D eigenvalue weighted by molar-refractivity contribution is -0.628. The van der Waals surface area contributed by atoms with Crippen LogP contribution in [0.1, 0.15) is 0 Å². The van der Waals surface area contributed by atoms with Crippen LogP contribution in [-0.4, -0.2) is 66.8 Å². The molecule has 0 aliphatic rings. The minimum Gasteiger partial charge on any atom is -0.377 e. The average molecular weight is 222 g/mol. The molecule has 0 amide bonds. The maximum absolute atomic E-state index is 5.32. The number of ether oxygens (including phenoxy) is 3. The maximum atomic E-state index is 5.32. The van der Waals surface area contributed by atoms with Crippen LogP contribution in [0.5, 0.6) is 0 Å². The van der Waals surface area contributed by atoms with Gasteiger partial charge >= 0.3 is 0 Å². The van der Waals surface area contributed by atoms with Gasteiger partial charge in [-0.3, -0.25) is 0 Å². The van der Waals surface area contributed by atoms with E-state index in [0.29, 0.717) is 26.4 Å². The molecule has 0 aromatic heterocycles. The van der Waals surface area contributed by atoms with Crippen LogP contribution in [0.15, 0.2) is 0 Å². The Morgan fingerprint density at radius 2 is 0.933 bits per heavy atom. The summed E-state index contributed by atoms with van der Waals surface area (Å²) in [6.45, 7) is 6.28. The SMILES string of the molecule is C[NH2+]CCOCCOCCOCC[NH2+]C. The maximum Gasteiger partial charge on any atom is 0.0991 e. The summed E-state index contributed by atoms with van der Waals surface area (Å²) >= 11 is 0. The van der Waals surface area contributed by atoms with Gasteiger partial charge in [-0.25, -0.2) is 0 Å². The minimum absolute atomic E-state index is 0.660. The molecule has 0 atom stereocenters. The fourth-order valence-electron chi connectivity index (χ4n) is 0.944. The van der Waals surface area contributed by atoms with Gasteiger partial charge in [-0.2, -0.15) is 0 Å². The molecule has 5 heteroatoms. The molecule has 0 bridgehead atoms. The van der Waals surface area contributed by atoms with E-state index in [9.17, 15) is 0 Å². The second-order valence-corrected chi connectivity index (χ2v) is 3.23. The zero-order chi connectivity index (χ0) is 11.2. The highest BCUT2D eigenvalue weighted by Gasteiger charge is 1.91. The van der Waals surface area contributed by atoms with Crippen molar-refractivity contribution in [2.75, 3.05) is 66.8 Å². The predicted octanol–water partition coefficient (Wildman–Crippen LogP) is -2.58. The summed E-state index contributed by atoms with van der Waals surface area (Å²) in [5, 5.41) is 4.19. The van der Waals surface area contributed by atoms with Crippen molar-refractivity contribution in [2.24, 2.45) is 0 Å². The summed E-state index contributed by atoms with van der Waals surface area (Å²) in [6.07, 6.45) is 0. The summed E-state index contributed by atoms with van der Waals surface area (Å²) in [7, 11) is 4.07. The first-order valence-corrected chi connectivity index (χ1v) is 5.70. The van der Waals surface area contributed by atoms with Crippen LogP contribution in [-0.2, 0) is 14.2 Å². The molecule has 0 heterocycles. The third kappa shape index (κ3) is 13.8. The predicted molar refractivity (Wildman–Crippen MR) is 57.9 cm³/mol. The van der Waals surface area contributed by atoms with Gasteiger partial charge in [-0.15, -0.1) is 0 Å². The van der Waals surface area contributed by atoms with E-state index in [1.54, 1.807) is 0 Å². The van der Waals surface area contributed by atoms with E-state index in [4.69, 9.17) is 14.2 Å². The fourth-order valence-corrected chi connectivity index (χ4v) is 0.944. The monoisotopic (exact) mass is 222 g/mol. The molecule has 0 spiro atoms. The topological polar surface area (TPSA) is 60.9 Å². The fraction of sp³-hybridized carbons (Fsp3) is 1.00. The Kier molecular flexibility index (Phi) is 13.6. The number of hydrogen-bond acceptors (Lipinski definition) is 3. The molecule has 0 aliphatic heterocycles. The van der Waals surface area contributed by atoms with E-state index < -0.39 is 0 Å². The van der Waals surface area contributed by atoms with E-state index in [2.05, 4.69) is 10.6 Å². The van der Waals surface area contributed by atoms with Gasteiger partial charge in [0.2, 0.25) is 0 Å². The first kappa shape index (κ1) is 14.8. The highest BCUT2D eigenvalue weighted by atomic mass is 16.5. The summed E-state index contributed by atoms with van der Waals surface area (Å²) in [5.41, 5.74) is 0. The molecule has 0 saturated carbocycles. The van der Waals surface area contributed by atoms with E-state index >= 15 is 0 Å². The molecule has 5 nitrogen and oxygen atoms in total. The molecule has 0 unspecified atom stereocenters. The number of hydrogen-bond donors (Lipinski definition) is 2. The zero-order valence-electron chi connectivity index (χ0n) is 10.0. The second kappa shape index (κ2) is 13.8. The van der Waals surface area contributed by atoms with Crippen LogP contribution in [0.2, 0.25) is 0 Å². The molecule has 0 aromatic carbocycles. The number of likely N-dealkylation sites (N-methyl/N-ethyl adjacent to an activating group) is 2. The van der Waals surface area contributed by atoms with Crippen LogP contribution < -0.4 is 10.6 Å². The highest BCUT2D eigenvalue weighted by molar-refractivity contribution is 4.33. The standard InChI is InChI=1S/C10H24N2O3/c1-11-3-5-13-7-9-15-10-8-14-6-4-12-2/h11-12H,3-10H2,1-2H3/p+2. The van der Waals surface area contributed by atoms with Gasteiger partial charge in [0, 0.05) is 0 Å². The van der Waals surface area contributed by atoms with Crippen LogP contribution in [0, 0.1) is 0 Å². The Labute approximate surface area is 92.5 Å². The van der Waals surface area contributed by atoms with Crippen molar-refractivity contribution >= 4 is 0 Å². The van der Waals surface area contributed by atoms with Crippen molar-refractivity contribution < 1.29 is 24.8 Å². The Morgan fingerprint density at radius 3 is 1.27 bits per heavy atom. The van der Waals surface area contributed by atoms with E-state index in [-0.39, 0.29) is 0 Å². The average Bonchev–Trinajstić information content (AvgIpc) is 2.26. The molecule has 0 aromatic rings. The lowest BCUT2D eigenvalue weighted by atomic mass is 10.6. The molecular weight excluding hydrogens is 196 g/mol. The number of quaternary nitrogens is 2. The van der Waals surface area contributed by atoms with E-state index in [1.165, 1.54) is 0 Å². The van der Waals surface area contributed by atoms with Crippen LogP contribution in [0.25, 0.3) is 0 Å². The molecular formula is C10H26N2O3+2. The molecule has 0 radical (unpaired) electrons. The molecule has 0 aliphatic carbocycles. The lowest BCUT2D eigenvalue weighted by Gasteiger charge is -2.05. The molecule has 0 saturated heterocycles. The molecule has 0 fully saturated rings. The summed E-state index contributed by atoms with van der Waals surface area (Å²) < 4.78 is 16.0. The zero-order valence-corrected chi connectivity index (χ0v) is 10.0. The quantitative estimate of drug-likeness (QED) is 0.357. The van der Waals surface area contributed by atoms with Gasteiger partial charge in [0.05, 0.1) is 66.8 Å². The summed E-state index contributed by atoms with van der Waals surface area (Å²) in [6, 6.07) is 0. The third-order valence-corrected chi connectivity index (χ3v) is 1.85. The molecule has 92 valence electrons. The van der Waals surface area contributed by atoms with Crippen LogP contribution >= 0.6 is 0 Å². The van der Waals surface area contributed by atoms with Crippen molar-refractivity contribution in [3.63, 3.8) is 0 Å². The molecule has 15 heavy (non-hydrogen) atoms. The normalized spacial score (nSPS) is 10.8. The first-order valence-electron chi connectivity index (χ1n) is 5.70. The van der Waals surface area contributed by atoms with Gasteiger partial charge in [0.1, 0.15) is 0 Å². The Hall–Kier alpha value is -0.200. The Balaban J connectivity index is 2.81. The van der Waals surface area contributed by atoms with Crippen molar-refractivity contribution in [1.29, 1.82) is 0 Å². The van der Waals surface area contributed by atoms with Crippen LogP contribution in [0.4, 0.5) is 0 Å². The number of nitrogens with two attached hydrogens (primary N) is 2. The molecule has 4 N–H and O–H groups in total. The minimum atomic E-state index is 0.660. The second-order valence-electron chi connectivity index (χ2n) is 3.23. The summed E-state index contributed by atoms with van der Waals surface area (Å²) in [4.78, 5) is 0. The summed E-state index contributed by atoms with van der Waals surface area (Å²) in [5.74, 6) is 0. The van der Waals surface area contributed by atoms with Crippen LogP contribution in [0.3, 0.4) is 0 Å². The van der Waals surface area contributed by atoms with E-state index in [0.717, 1.165) is 26.3 Å². The Morgan fingerprint density at radius 1 is 0.600 bits per heavy atom. The van der Waals surface area contributed by atoms with Gasteiger partial charge in [0.25, 0.3) is 0 Å². The number of rotatable bonds is 12. The van der Waals surface area contributed by atoms with Crippen molar-refractivity contribution in [3.05, 3.63) is 0 Å². The Bertz CT molecular complexity index is 103. The van der Waals surface area contributed by atoms with Crippen molar-refractivity contribution in [2.45, 2.75) is 0 Å². The lowest BCUT2D eigenvalue weighted by Crippen LogP contribution is -2.80. The van der Waals surface area contributed by atoms with E-state index in [1.807, 2.05) is 14.1 Å².